The lowest BCUT2D eigenvalue weighted by Crippen LogP contribution is -2.32. The Morgan fingerprint density at radius 3 is 2.67 bits per heavy atom. The number of hydrogen-bond donors (Lipinski definition) is 0. The lowest BCUT2D eigenvalue weighted by Gasteiger charge is -2.14. The summed E-state index contributed by atoms with van der Waals surface area (Å²) in [6.45, 7) is -0.687. The van der Waals surface area contributed by atoms with Gasteiger partial charge in [0.1, 0.15) is 0 Å². The Morgan fingerprint density at radius 1 is 1.25 bits per heavy atom. The highest BCUT2D eigenvalue weighted by atomic mass is 19.3. The second kappa shape index (κ2) is 5.32. The maximum Gasteiger partial charge on any atom is 0.293 e. The fourth-order valence-electron chi connectivity index (χ4n) is 3.27. The number of fused-ring (bicyclic) bond motifs is 1. The van der Waals surface area contributed by atoms with E-state index in [2.05, 4.69) is 10.1 Å². The molecular weight excluding hydrogens is 321 g/mol. The summed E-state index contributed by atoms with van der Waals surface area (Å²) in [6, 6.07) is 8.92. The van der Waals surface area contributed by atoms with Gasteiger partial charge in [0.05, 0.1) is 12.6 Å². The first-order valence-electron chi connectivity index (χ1n) is 7.77. The van der Waals surface area contributed by atoms with Crippen LogP contribution in [0, 0.1) is 0 Å². The first kappa shape index (κ1) is 15.2. The van der Waals surface area contributed by atoms with Crippen molar-refractivity contribution in [1.82, 2.24) is 19.7 Å². The van der Waals surface area contributed by atoms with Crippen LogP contribution in [0.5, 0.6) is 0 Å². The van der Waals surface area contributed by atoms with Crippen molar-refractivity contribution in [3.63, 3.8) is 0 Å². The average molecular weight is 336 g/mol. The molecule has 0 saturated carbocycles. The van der Waals surface area contributed by atoms with Crippen molar-refractivity contribution < 1.29 is 18.0 Å². The van der Waals surface area contributed by atoms with Gasteiger partial charge < -0.3 is 4.90 Å². The summed E-state index contributed by atoms with van der Waals surface area (Å²) in [5.41, 5.74) is 0.871. The van der Waals surface area contributed by atoms with Gasteiger partial charge in [-0.05, 0) is 5.56 Å². The van der Waals surface area contributed by atoms with Gasteiger partial charge in [-0.2, -0.15) is 0 Å². The molecule has 3 heterocycles. The van der Waals surface area contributed by atoms with Crippen molar-refractivity contribution in [3.05, 3.63) is 47.5 Å². The highest BCUT2D eigenvalue weighted by molar-refractivity contribution is 5.90. The van der Waals surface area contributed by atoms with E-state index in [0.717, 1.165) is 10.5 Å². The van der Waals surface area contributed by atoms with Gasteiger partial charge in [-0.1, -0.05) is 30.3 Å². The molecule has 24 heavy (non-hydrogen) atoms. The second-order valence-corrected chi connectivity index (χ2v) is 6.20. The molecule has 5 nitrogen and oxygen atoms in total. The normalized spacial score (nSPS) is 25.0. The van der Waals surface area contributed by atoms with Crippen LogP contribution < -0.4 is 0 Å². The molecule has 1 amide bonds. The van der Waals surface area contributed by atoms with E-state index >= 15 is 0 Å². The van der Waals surface area contributed by atoms with Gasteiger partial charge in [0.2, 0.25) is 5.82 Å². The summed E-state index contributed by atoms with van der Waals surface area (Å²) < 4.78 is 42.2. The van der Waals surface area contributed by atoms with Crippen molar-refractivity contribution in [2.24, 2.45) is 0 Å². The van der Waals surface area contributed by atoms with Crippen molar-refractivity contribution in [3.8, 4) is 0 Å². The van der Waals surface area contributed by atoms with Crippen molar-refractivity contribution in [1.29, 1.82) is 0 Å². The molecule has 1 unspecified atom stereocenters. The fraction of sp³-hybridized carbons (Fsp3) is 0.438. The van der Waals surface area contributed by atoms with E-state index in [9.17, 15) is 18.0 Å². The zero-order valence-corrected chi connectivity index (χ0v) is 12.7. The Hall–Kier alpha value is -2.38. The first-order chi connectivity index (χ1) is 11.4. The zero-order valence-electron chi connectivity index (χ0n) is 12.7. The summed E-state index contributed by atoms with van der Waals surface area (Å²) in [5, 5.41) is 4.12. The molecule has 2 aromatic rings. The molecule has 0 spiro atoms. The summed E-state index contributed by atoms with van der Waals surface area (Å²) in [7, 11) is 0. The Labute approximate surface area is 136 Å². The standard InChI is InChI=1S/C16H15F3N4O/c17-11-8-12(10-4-2-1-3-5-10)23-14(11)20-13(21-23)15(24)22-7-6-16(18,19)9-22/h1-5,11-12H,6-9H2/t11-,12?/m1/s1. The number of rotatable bonds is 2. The number of halogens is 3. The van der Waals surface area contributed by atoms with Gasteiger partial charge in [-0.15, -0.1) is 5.10 Å². The van der Waals surface area contributed by atoms with Crippen LogP contribution in [0.3, 0.4) is 0 Å². The van der Waals surface area contributed by atoms with Gasteiger partial charge in [-0.25, -0.2) is 22.8 Å². The van der Waals surface area contributed by atoms with Gasteiger partial charge in [0, 0.05) is 19.4 Å². The number of hydrogen-bond acceptors (Lipinski definition) is 3. The van der Waals surface area contributed by atoms with Crippen LogP contribution >= 0.6 is 0 Å². The number of likely N-dealkylation sites (tertiary alicyclic amines) is 1. The quantitative estimate of drug-likeness (QED) is 0.847. The SMILES string of the molecule is O=C(c1nc2n(n1)C(c1ccccc1)C[C@H]2F)N1CCC(F)(F)C1. The molecule has 2 aliphatic heterocycles. The summed E-state index contributed by atoms with van der Waals surface area (Å²) in [6.07, 6.45) is -1.50. The van der Waals surface area contributed by atoms with Gasteiger partial charge in [0.15, 0.2) is 12.0 Å². The number of nitrogens with zero attached hydrogens (tertiary/aromatic N) is 4. The minimum Gasteiger partial charge on any atom is -0.330 e. The van der Waals surface area contributed by atoms with Gasteiger partial charge >= 0.3 is 0 Å². The lowest BCUT2D eigenvalue weighted by atomic mass is 10.0. The van der Waals surface area contributed by atoms with E-state index in [1.807, 2.05) is 30.3 Å². The fourth-order valence-corrected chi connectivity index (χ4v) is 3.27. The molecule has 2 aliphatic rings. The molecule has 0 radical (unpaired) electrons. The number of alkyl halides is 3. The Kier molecular flexibility index (Phi) is 3.36. The highest BCUT2D eigenvalue weighted by Crippen LogP contribution is 2.39. The summed E-state index contributed by atoms with van der Waals surface area (Å²) in [5.74, 6) is -3.69. The van der Waals surface area contributed by atoms with Crippen molar-refractivity contribution in [2.45, 2.75) is 31.0 Å². The minimum atomic E-state index is -2.88. The number of amides is 1. The molecule has 4 rings (SSSR count). The third kappa shape index (κ3) is 2.46. The molecule has 126 valence electrons. The van der Waals surface area contributed by atoms with E-state index in [0.29, 0.717) is 0 Å². The molecular formula is C16H15F3N4O. The molecule has 1 fully saturated rings. The Balaban J connectivity index is 1.63. The zero-order chi connectivity index (χ0) is 16.9. The first-order valence-corrected chi connectivity index (χ1v) is 7.77. The highest BCUT2D eigenvalue weighted by Gasteiger charge is 2.43. The van der Waals surface area contributed by atoms with Crippen molar-refractivity contribution in [2.75, 3.05) is 13.1 Å². The number of benzene rings is 1. The molecule has 8 heteroatoms. The van der Waals surface area contributed by atoms with Crippen LogP contribution in [0.1, 0.15) is 47.1 Å². The van der Waals surface area contributed by atoms with Crippen LogP contribution in [-0.2, 0) is 0 Å². The van der Waals surface area contributed by atoms with Gasteiger partial charge in [-0.3, -0.25) is 4.79 Å². The molecule has 1 saturated heterocycles. The molecule has 2 atom stereocenters. The number of carbonyl (C=O) groups is 1. The third-order valence-electron chi connectivity index (χ3n) is 4.50. The smallest absolute Gasteiger partial charge is 0.293 e. The number of carbonyl (C=O) groups excluding carboxylic acids is 1. The van der Waals surface area contributed by atoms with E-state index < -0.39 is 24.5 Å². The predicted octanol–water partition coefficient (Wildman–Crippen LogP) is 2.76. The predicted molar refractivity (Wildman–Crippen MR) is 78.5 cm³/mol. The largest absolute Gasteiger partial charge is 0.330 e. The van der Waals surface area contributed by atoms with Crippen molar-refractivity contribution >= 4 is 5.91 Å². The molecule has 0 bridgehead atoms. The lowest BCUT2D eigenvalue weighted by molar-refractivity contribution is 0.0118. The minimum absolute atomic E-state index is 0.0448. The summed E-state index contributed by atoms with van der Waals surface area (Å²) >= 11 is 0. The summed E-state index contributed by atoms with van der Waals surface area (Å²) in [4.78, 5) is 17.3. The Morgan fingerprint density at radius 2 is 2.00 bits per heavy atom. The van der Waals surface area contributed by atoms with Crippen LogP contribution in [-0.4, -0.2) is 44.6 Å². The van der Waals surface area contributed by atoms with E-state index in [-0.39, 0.29) is 37.1 Å². The molecule has 0 N–H and O–H groups in total. The topological polar surface area (TPSA) is 51.0 Å². The number of aromatic nitrogens is 3. The maximum atomic E-state index is 14.3. The van der Waals surface area contributed by atoms with Crippen LogP contribution in [0.25, 0.3) is 0 Å². The Bertz CT molecular complexity index is 777. The average Bonchev–Trinajstić information content (AvgIpc) is 3.23. The van der Waals surface area contributed by atoms with Crippen LogP contribution in [0.2, 0.25) is 0 Å². The van der Waals surface area contributed by atoms with Crippen LogP contribution in [0.4, 0.5) is 13.2 Å². The van der Waals surface area contributed by atoms with E-state index in [1.54, 1.807) is 0 Å². The van der Waals surface area contributed by atoms with Crippen LogP contribution in [0.15, 0.2) is 30.3 Å². The molecule has 1 aromatic carbocycles. The molecule has 1 aromatic heterocycles. The van der Waals surface area contributed by atoms with E-state index in [4.69, 9.17) is 0 Å². The van der Waals surface area contributed by atoms with Gasteiger partial charge in [0.25, 0.3) is 11.8 Å². The van der Waals surface area contributed by atoms with E-state index in [1.165, 1.54) is 4.68 Å². The maximum absolute atomic E-state index is 14.3. The molecule has 0 aliphatic carbocycles. The second-order valence-electron chi connectivity index (χ2n) is 6.20. The third-order valence-corrected chi connectivity index (χ3v) is 4.50. The monoisotopic (exact) mass is 336 g/mol.